The molecule has 0 saturated carbocycles. The summed E-state index contributed by atoms with van der Waals surface area (Å²) >= 11 is 5.86. The van der Waals surface area contributed by atoms with E-state index in [1.165, 1.54) is 0 Å². The summed E-state index contributed by atoms with van der Waals surface area (Å²) in [6, 6.07) is 9.40. The van der Waals surface area contributed by atoms with Crippen LogP contribution >= 0.6 is 11.6 Å². The van der Waals surface area contributed by atoms with Gasteiger partial charge in [0, 0.05) is 18.0 Å². The Balaban J connectivity index is 2.26. The maximum Gasteiger partial charge on any atom is 0.151 e. The number of carbonyl (C=O) groups is 1. The second kappa shape index (κ2) is 4.90. The topological polar surface area (TPSA) is 30.0 Å². The van der Waals surface area contributed by atoms with E-state index in [-0.39, 0.29) is 0 Å². The first-order valence-electron chi connectivity index (χ1n) is 4.92. The summed E-state index contributed by atoms with van der Waals surface area (Å²) in [5, 5.41) is 0.494. The van der Waals surface area contributed by atoms with Crippen LogP contribution in [-0.2, 0) is 6.42 Å². The van der Waals surface area contributed by atoms with Crippen LogP contribution in [-0.4, -0.2) is 11.3 Å². The van der Waals surface area contributed by atoms with Crippen molar-refractivity contribution in [2.75, 3.05) is 0 Å². The zero-order chi connectivity index (χ0) is 11.4. The van der Waals surface area contributed by atoms with E-state index in [4.69, 9.17) is 11.6 Å². The van der Waals surface area contributed by atoms with Gasteiger partial charge in [-0.25, -0.2) is 0 Å². The third-order valence-corrected chi connectivity index (χ3v) is 2.69. The Labute approximate surface area is 98.9 Å². The number of hydrogen-bond donors (Lipinski definition) is 0. The van der Waals surface area contributed by atoms with Crippen molar-refractivity contribution in [3.8, 4) is 0 Å². The molecule has 0 unspecified atom stereocenters. The van der Waals surface area contributed by atoms with Gasteiger partial charge in [0.25, 0.3) is 0 Å². The van der Waals surface area contributed by atoms with E-state index >= 15 is 0 Å². The molecule has 0 bridgehead atoms. The lowest BCUT2D eigenvalue weighted by Gasteiger charge is -2.03. The molecule has 0 saturated heterocycles. The number of benzene rings is 1. The average Bonchev–Trinajstić information content (AvgIpc) is 2.33. The molecule has 1 heterocycles. The van der Waals surface area contributed by atoms with Gasteiger partial charge in [-0.3, -0.25) is 9.78 Å². The molecular formula is C13H10ClNO. The van der Waals surface area contributed by atoms with Gasteiger partial charge in [-0.2, -0.15) is 0 Å². The molecule has 0 aliphatic rings. The normalized spacial score (nSPS) is 10.1. The molecule has 80 valence electrons. The lowest BCUT2D eigenvalue weighted by molar-refractivity contribution is 0.112. The highest BCUT2D eigenvalue weighted by Gasteiger charge is 2.01. The van der Waals surface area contributed by atoms with Crippen molar-refractivity contribution in [2.24, 2.45) is 0 Å². The van der Waals surface area contributed by atoms with Crippen molar-refractivity contribution in [3.63, 3.8) is 0 Å². The van der Waals surface area contributed by atoms with Gasteiger partial charge in [-0.15, -0.1) is 0 Å². The second-order valence-corrected chi connectivity index (χ2v) is 3.91. The number of aromatic nitrogens is 1. The first-order chi connectivity index (χ1) is 7.79. The smallest absolute Gasteiger partial charge is 0.151 e. The van der Waals surface area contributed by atoms with Gasteiger partial charge >= 0.3 is 0 Å². The van der Waals surface area contributed by atoms with E-state index in [0.29, 0.717) is 10.6 Å². The van der Waals surface area contributed by atoms with Crippen molar-refractivity contribution in [1.29, 1.82) is 0 Å². The molecule has 1 aromatic heterocycles. The van der Waals surface area contributed by atoms with Crippen LogP contribution in [0.5, 0.6) is 0 Å². The Kier molecular flexibility index (Phi) is 3.32. The predicted molar refractivity (Wildman–Crippen MR) is 63.9 cm³/mol. The number of halogens is 1. The molecule has 0 aliphatic carbocycles. The molecule has 0 N–H and O–H groups in total. The highest BCUT2D eigenvalue weighted by Crippen LogP contribution is 2.17. The SMILES string of the molecule is O=Cc1cc(Cc2ccncc2)ccc1Cl. The maximum absolute atomic E-state index is 10.7. The molecule has 0 radical (unpaired) electrons. The van der Waals surface area contributed by atoms with Crippen molar-refractivity contribution >= 4 is 17.9 Å². The number of carbonyl (C=O) groups excluding carboxylic acids is 1. The predicted octanol–water partition coefficient (Wildman–Crippen LogP) is 3.14. The summed E-state index contributed by atoms with van der Waals surface area (Å²) in [5.74, 6) is 0. The second-order valence-electron chi connectivity index (χ2n) is 3.51. The van der Waals surface area contributed by atoms with Crippen LogP contribution < -0.4 is 0 Å². The number of pyridine rings is 1. The number of rotatable bonds is 3. The Morgan fingerprint density at radius 1 is 1.12 bits per heavy atom. The van der Waals surface area contributed by atoms with E-state index in [2.05, 4.69) is 4.98 Å². The fourth-order valence-electron chi connectivity index (χ4n) is 1.53. The van der Waals surface area contributed by atoms with E-state index in [9.17, 15) is 4.79 Å². The van der Waals surface area contributed by atoms with Crippen LogP contribution in [0.1, 0.15) is 21.5 Å². The minimum atomic E-state index is 0.494. The van der Waals surface area contributed by atoms with Gasteiger partial charge in [0.05, 0.1) is 5.02 Å². The van der Waals surface area contributed by atoms with Crippen LogP contribution in [0, 0.1) is 0 Å². The molecule has 1 aromatic carbocycles. The lowest BCUT2D eigenvalue weighted by Crippen LogP contribution is -1.91. The fourth-order valence-corrected chi connectivity index (χ4v) is 1.69. The Morgan fingerprint density at radius 2 is 1.88 bits per heavy atom. The molecule has 0 fully saturated rings. The zero-order valence-electron chi connectivity index (χ0n) is 8.56. The van der Waals surface area contributed by atoms with Gasteiger partial charge in [0.2, 0.25) is 0 Å². The first-order valence-corrected chi connectivity index (χ1v) is 5.30. The zero-order valence-corrected chi connectivity index (χ0v) is 9.32. The number of hydrogen-bond acceptors (Lipinski definition) is 2. The third-order valence-electron chi connectivity index (χ3n) is 2.34. The minimum Gasteiger partial charge on any atom is -0.298 e. The van der Waals surface area contributed by atoms with Gasteiger partial charge in [0.1, 0.15) is 0 Å². The van der Waals surface area contributed by atoms with Gasteiger partial charge < -0.3 is 0 Å². The molecule has 3 heteroatoms. The summed E-state index contributed by atoms with van der Waals surface area (Å²) in [6.07, 6.45) is 5.07. The van der Waals surface area contributed by atoms with Crippen molar-refractivity contribution in [2.45, 2.75) is 6.42 Å². The van der Waals surface area contributed by atoms with Crippen LogP contribution in [0.3, 0.4) is 0 Å². The van der Waals surface area contributed by atoms with E-state index in [1.807, 2.05) is 24.3 Å². The average molecular weight is 232 g/mol. The Morgan fingerprint density at radius 3 is 2.56 bits per heavy atom. The highest BCUT2D eigenvalue weighted by molar-refractivity contribution is 6.32. The van der Waals surface area contributed by atoms with Crippen LogP contribution in [0.25, 0.3) is 0 Å². The van der Waals surface area contributed by atoms with E-state index in [1.54, 1.807) is 18.5 Å². The highest BCUT2D eigenvalue weighted by atomic mass is 35.5. The fraction of sp³-hybridized carbons (Fsp3) is 0.0769. The molecule has 0 atom stereocenters. The third kappa shape index (κ3) is 2.47. The molecule has 0 amide bonds. The Bertz CT molecular complexity index is 497. The quantitative estimate of drug-likeness (QED) is 0.760. The van der Waals surface area contributed by atoms with Crippen molar-refractivity contribution < 1.29 is 4.79 Å². The number of nitrogens with zero attached hydrogens (tertiary/aromatic N) is 1. The van der Waals surface area contributed by atoms with Crippen molar-refractivity contribution in [1.82, 2.24) is 4.98 Å². The lowest BCUT2D eigenvalue weighted by atomic mass is 10.0. The summed E-state index contributed by atoms with van der Waals surface area (Å²) in [4.78, 5) is 14.7. The molecule has 16 heavy (non-hydrogen) atoms. The van der Waals surface area contributed by atoms with Crippen LogP contribution in [0.2, 0.25) is 5.02 Å². The molecule has 0 spiro atoms. The molecule has 2 aromatic rings. The van der Waals surface area contributed by atoms with E-state index < -0.39 is 0 Å². The van der Waals surface area contributed by atoms with Gasteiger partial charge in [0.15, 0.2) is 6.29 Å². The minimum absolute atomic E-state index is 0.494. The monoisotopic (exact) mass is 231 g/mol. The van der Waals surface area contributed by atoms with Crippen LogP contribution in [0.4, 0.5) is 0 Å². The summed E-state index contributed by atoms with van der Waals surface area (Å²) < 4.78 is 0. The summed E-state index contributed by atoms with van der Waals surface area (Å²) in [7, 11) is 0. The molecule has 0 aliphatic heterocycles. The maximum atomic E-state index is 10.7. The van der Waals surface area contributed by atoms with Crippen molar-refractivity contribution in [3.05, 3.63) is 64.4 Å². The summed E-state index contributed by atoms with van der Waals surface area (Å²) in [5.41, 5.74) is 2.76. The van der Waals surface area contributed by atoms with Gasteiger partial charge in [-0.1, -0.05) is 17.7 Å². The van der Waals surface area contributed by atoms with Crippen LogP contribution in [0.15, 0.2) is 42.7 Å². The molecular weight excluding hydrogens is 222 g/mol. The Hall–Kier alpha value is -1.67. The van der Waals surface area contributed by atoms with E-state index in [0.717, 1.165) is 23.8 Å². The standard InChI is InChI=1S/C13H10ClNO/c14-13-2-1-11(8-12(13)9-16)7-10-3-5-15-6-4-10/h1-6,8-9H,7H2. The largest absolute Gasteiger partial charge is 0.298 e. The molecule has 2 rings (SSSR count). The first kappa shape index (κ1) is 10.8. The van der Waals surface area contributed by atoms with Gasteiger partial charge in [-0.05, 0) is 41.8 Å². The summed E-state index contributed by atoms with van der Waals surface area (Å²) in [6.45, 7) is 0. The number of aldehydes is 1. The molecule has 2 nitrogen and oxygen atoms in total.